The first-order chi connectivity index (χ1) is 6.11. The second-order valence-corrected chi connectivity index (χ2v) is 4.22. The number of alkyl halides is 1. The second-order valence-electron chi connectivity index (χ2n) is 4.22. The van der Waals surface area contributed by atoms with E-state index in [2.05, 4.69) is 0 Å². The fourth-order valence-corrected chi connectivity index (χ4v) is 2.81. The molecule has 2 saturated heterocycles. The first-order valence-electron chi connectivity index (χ1n) is 4.96. The number of rotatable bonds is 1. The summed E-state index contributed by atoms with van der Waals surface area (Å²) in [7, 11) is -0.539. The molecule has 4 atom stereocenters. The van der Waals surface area contributed by atoms with E-state index >= 15 is 0 Å². The highest BCUT2D eigenvalue weighted by molar-refractivity contribution is 6.45. The van der Waals surface area contributed by atoms with Crippen LogP contribution in [0.5, 0.6) is 0 Å². The quantitative estimate of drug-likeness (QED) is 0.566. The molecule has 0 aliphatic carbocycles. The van der Waals surface area contributed by atoms with Gasteiger partial charge in [0.25, 0.3) is 0 Å². The van der Waals surface area contributed by atoms with Gasteiger partial charge in [-0.25, -0.2) is 4.39 Å². The summed E-state index contributed by atoms with van der Waals surface area (Å²) in [6, 6.07) is -0.173. The van der Waals surface area contributed by atoms with Crippen molar-refractivity contribution in [2.24, 2.45) is 5.73 Å². The maximum atomic E-state index is 13.6. The first-order valence-corrected chi connectivity index (χ1v) is 4.96. The zero-order valence-electron chi connectivity index (χ0n) is 7.86. The second kappa shape index (κ2) is 3.22. The maximum absolute atomic E-state index is 13.6. The van der Waals surface area contributed by atoms with Crippen LogP contribution in [0.3, 0.4) is 0 Å². The van der Waals surface area contributed by atoms with Crippen molar-refractivity contribution in [3.05, 3.63) is 0 Å². The Labute approximate surface area is 78.2 Å². The number of halogens is 1. The third-order valence-electron chi connectivity index (χ3n) is 3.35. The van der Waals surface area contributed by atoms with Gasteiger partial charge in [0.1, 0.15) is 6.17 Å². The lowest BCUT2D eigenvalue weighted by Gasteiger charge is -2.40. The van der Waals surface area contributed by atoms with Gasteiger partial charge in [-0.15, -0.1) is 0 Å². The van der Waals surface area contributed by atoms with Gasteiger partial charge in [-0.05, 0) is 26.1 Å². The van der Waals surface area contributed by atoms with Crippen LogP contribution in [0, 0.1) is 0 Å². The van der Waals surface area contributed by atoms with Crippen LogP contribution in [0.2, 0.25) is 6.82 Å². The molecule has 2 rings (SSSR count). The van der Waals surface area contributed by atoms with Crippen LogP contribution in [0.25, 0.3) is 0 Å². The van der Waals surface area contributed by atoms with Crippen LogP contribution in [0.1, 0.15) is 19.3 Å². The Hall–Kier alpha value is -0.125. The summed E-state index contributed by atoms with van der Waals surface area (Å²) < 4.78 is 13.6. The monoisotopic (exact) mass is 186 g/mol. The summed E-state index contributed by atoms with van der Waals surface area (Å²) in [6.45, 7) is 1.70. The Morgan fingerprint density at radius 3 is 2.85 bits per heavy atom. The van der Waals surface area contributed by atoms with Crippen LogP contribution in [0.15, 0.2) is 0 Å². The van der Waals surface area contributed by atoms with Gasteiger partial charge >= 0.3 is 7.05 Å². The number of piperidine rings is 1. The van der Waals surface area contributed by atoms with Gasteiger partial charge in [-0.2, -0.15) is 0 Å². The highest BCUT2D eigenvalue weighted by Gasteiger charge is 2.48. The standard InChI is InChI=1S/C8H16BFN2O/c1-9(13)12-5-2-3-7(12)8(10)6(11)4-5/h5-8,13H,2-4,11H2,1H3/t5-,6-,7+,8-/m1/s1. The van der Waals surface area contributed by atoms with Crippen LogP contribution >= 0.6 is 0 Å². The van der Waals surface area contributed by atoms with E-state index in [1.54, 1.807) is 6.82 Å². The predicted molar refractivity (Wildman–Crippen MR) is 50.0 cm³/mol. The van der Waals surface area contributed by atoms with E-state index in [9.17, 15) is 9.41 Å². The number of nitrogens with zero attached hydrogens (tertiary/aromatic N) is 1. The fraction of sp³-hybridized carbons (Fsp3) is 1.00. The maximum Gasteiger partial charge on any atom is 0.376 e. The highest BCUT2D eigenvalue weighted by atomic mass is 19.1. The molecule has 0 unspecified atom stereocenters. The van der Waals surface area contributed by atoms with E-state index < -0.39 is 13.2 Å². The number of fused-ring (bicyclic) bond motifs is 2. The number of hydrogen-bond acceptors (Lipinski definition) is 3. The molecule has 3 N–H and O–H groups in total. The van der Waals surface area contributed by atoms with E-state index in [1.165, 1.54) is 0 Å². The molecule has 0 aromatic heterocycles. The van der Waals surface area contributed by atoms with Crippen molar-refractivity contribution in [2.45, 2.75) is 50.4 Å². The largest absolute Gasteiger partial charge is 0.437 e. The van der Waals surface area contributed by atoms with Gasteiger partial charge in [0.05, 0.1) is 0 Å². The zero-order valence-corrected chi connectivity index (χ0v) is 7.86. The molecule has 2 heterocycles. The lowest BCUT2D eigenvalue weighted by atomic mass is 9.78. The van der Waals surface area contributed by atoms with Gasteiger partial charge in [0.15, 0.2) is 0 Å². The van der Waals surface area contributed by atoms with Gasteiger partial charge in [0.2, 0.25) is 0 Å². The van der Waals surface area contributed by atoms with Gasteiger partial charge in [0, 0.05) is 18.1 Å². The van der Waals surface area contributed by atoms with Crippen molar-refractivity contribution >= 4 is 7.05 Å². The predicted octanol–water partition coefficient (Wildman–Crippen LogP) is -0.00120. The number of hydrogen-bond donors (Lipinski definition) is 2. The molecular formula is C8H16BFN2O. The molecule has 0 radical (unpaired) electrons. The minimum atomic E-state index is -0.964. The molecule has 0 amide bonds. The van der Waals surface area contributed by atoms with Gasteiger partial charge in [-0.3, -0.25) is 0 Å². The normalized spacial score (nSPS) is 45.2. The molecule has 2 bridgehead atoms. The Morgan fingerprint density at radius 2 is 2.23 bits per heavy atom. The average Bonchev–Trinajstić information content (AvgIpc) is 2.40. The summed E-state index contributed by atoms with van der Waals surface area (Å²) in [5, 5.41) is 9.48. The molecule has 13 heavy (non-hydrogen) atoms. The van der Waals surface area contributed by atoms with Crippen LogP contribution < -0.4 is 5.73 Å². The highest BCUT2D eigenvalue weighted by Crippen LogP contribution is 2.36. The SMILES string of the molecule is CB(O)N1[C@@H]2CC[C@H]1[C@H](F)[C@H](N)C2. The van der Waals surface area contributed by atoms with Crippen molar-refractivity contribution in [1.82, 2.24) is 4.81 Å². The molecule has 2 aliphatic heterocycles. The summed E-state index contributed by atoms with van der Waals surface area (Å²) in [5.41, 5.74) is 5.68. The molecule has 3 nitrogen and oxygen atoms in total. The molecule has 2 aliphatic rings. The molecule has 0 aromatic rings. The van der Waals surface area contributed by atoms with E-state index in [0.717, 1.165) is 12.8 Å². The Kier molecular flexibility index (Phi) is 2.34. The molecular weight excluding hydrogens is 170 g/mol. The van der Waals surface area contributed by atoms with E-state index in [0.29, 0.717) is 12.5 Å². The van der Waals surface area contributed by atoms with Crippen molar-refractivity contribution in [1.29, 1.82) is 0 Å². The third kappa shape index (κ3) is 1.39. The van der Waals surface area contributed by atoms with E-state index in [4.69, 9.17) is 5.73 Å². The smallest absolute Gasteiger partial charge is 0.376 e. The molecule has 2 fully saturated rings. The van der Waals surface area contributed by atoms with Crippen molar-refractivity contribution in [3.63, 3.8) is 0 Å². The van der Waals surface area contributed by atoms with Gasteiger partial charge in [-0.1, -0.05) is 0 Å². The summed E-state index contributed by atoms with van der Waals surface area (Å²) in [4.78, 5) is 1.88. The topological polar surface area (TPSA) is 49.5 Å². The molecule has 0 saturated carbocycles. The molecule has 0 spiro atoms. The zero-order chi connectivity index (χ0) is 9.59. The third-order valence-corrected chi connectivity index (χ3v) is 3.35. The molecule has 5 heteroatoms. The van der Waals surface area contributed by atoms with Crippen molar-refractivity contribution in [2.75, 3.05) is 0 Å². The van der Waals surface area contributed by atoms with Crippen LogP contribution in [-0.2, 0) is 0 Å². The first kappa shape index (κ1) is 9.43. The van der Waals surface area contributed by atoms with Crippen molar-refractivity contribution in [3.8, 4) is 0 Å². The lowest BCUT2D eigenvalue weighted by Crippen LogP contribution is -2.59. The van der Waals surface area contributed by atoms with Gasteiger partial charge < -0.3 is 15.6 Å². The van der Waals surface area contributed by atoms with Crippen LogP contribution in [0.4, 0.5) is 4.39 Å². The minimum absolute atomic E-state index is 0.145. The Morgan fingerprint density at radius 1 is 1.54 bits per heavy atom. The van der Waals surface area contributed by atoms with E-state index in [-0.39, 0.29) is 12.1 Å². The lowest BCUT2D eigenvalue weighted by molar-refractivity contribution is 0.0987. The van der Waals surface area contributed by atoms with Crippen molar-refractivity contribution < 1.29 is 9.41 Å². The minimum Gasteiger partial charge on any atom is -0.437 e. The van der Waals surface area contributed by atoms with Crippen LogP contribution in [-0.4, -0.2) is 41.2 Å². The fourth-order valence-electron chi connectivity index (χ4n) is 2.81. The molecule has 0 aromatic carbocycles. The Bertz CT molecular complexity index is 205. The number of nitrogens with two attached hydrogens (primary N) is 1. The summed E-state index contributed by atoms with van der Waals surface area (Å²) >= 11 is 0. The summed E-state index contributed by atoms with van der Waals surface area (Å²) in [6.07, 6.45) is 1.53. The average molecular weight is 186 g/mol. The summed E-state index contributed by atoms with van der Waals surface area (Å²) in [5.74, 6) is 0. The molecule has 74 valence electrons. The Balaban J connectivity index is 2.16. The van der Waals surface area contributed by atoms with E-state index in [1.807, 2.05) is 4.81 Å².